The van der Waals surface area contributed by atoms with Crippen LogP contribution >= 0.6 is 11.6 Å². The van der Waals surface area contributed by atoms with E-state index in [9.17, 15) is 9.59 Å². The van der Waals surface area contributed by atoms with Crippen molar-refractivity contribution >= 4 is 23.4 Å². The van der Waals surface area contributed by atoms with Crippen molar-refractivity contribution in [1.29, 1.82) is 0 Å². The lowest BCUT2D eigenvalue weighted by Gasteiger charge is -2.20. The number of halogens is 1. The van der Waals surface area contributed by atoms with Crippen LogP contribution in [-0.4, -0.2) is 56.5 Å². The summed E-state index contributed by atoms with van der Waals surface area (Å²) in [4.78, 5) is 26.6. The molecule has 23 heavy (non-hydrogen) atoms. The highest BCUT2D eigenvalue weighted by Crippen LogP contribution is 2.10. The van der Waals surface area contributed by atoms with Crippen LogP contribution in [0, 0.1) is 0 Å². The monoisotopic (exact) mass is 340 g/mol. The van der Waals surface area contributed by atoms with Crippen molar-refractivity contribution in [3.05, 3.63) is 34.9 Å². The van der Waals surface area contributed by atoms with Gasteiger partial charge in [-0.05, 0) is 38.0 Å². The number of nitrogens with one attached hydrogen (secondary N) is 2. The molecule has 2 amide bonds. The molecule has 0 radical (unpaired) electrons. The molecule has 128 valence electrons. The van der Waals surface area contributed by atoms with Crippen molar-refractivity contribution in [3.8, 4) is 0 Å². The average molecular weight is 341 g/mol. The van der Waals surface area contributed by atoms with Crippen LogP contribution in [0.1, 0.15) is 19.4 Å². The van der Waals surface area contributed by atoms with Crippen molar-refractivity contribution in [2.75, 3.05) is 39.8 Å². The van der Waals surface area contributed by atoms with Gasteiger partial charge in [0.25, 0.3) is 11.8 Å². The van der Waals surface area contributed by atoms with Gasteiger partial charge in [-0.3, -0.25) is 9.59 Å². The highest BCUT2D eigenvalue weighted by atomic mass is 35.5. The molecule has 0 saturated heterocycles. The second-order valence-electron chi connectivity index (χ2n) is 5.61. The zero-order valence-corrected chi connectivity index (χ0v) is 14.9. The first-order valence-electron chi connectivity index (χ1n) is 8.06. The lowest BCUT2D eigenvalue weighted by atomic mass is 10.1. The molecule has 1 atom stereocenters. The van der Waals surface area contributed by atoms with Crippen LogP contribution < -0.4 is 10.2 Å². The Morgan fingerprint density at radius 2 is 1.91 bits per heavy atom. The highest BCUT2D eigenvalue weighted by molar-refractivity contribution is 6.30. The van der Waals surface area contributed by atoms with Gasteiger partial charge in [-0.2, -0.15) is 0 Å². The van der Waals surface area contributed by atoms with Gasteiger partial charge in [0.2, 0.25) is 0 Å². The molecule has 0 heterocycles. The standard InChI is InChI=1S/C17H26ClN3O2/c1-4-21(5-2)17(23)13-20(3)12-16(22)19-10-9-14-7-6-8-15(18)11-14/h6-8,11H,4-5,9-10,12-13H2,1-3H3,(H,19,22)/p+1. The Morgan fingerprint density at radius 1 is 1.22 bits per heavy atom. The first kappa shape index (κ1) is 19.5. The Balaban J connectivity index is 2.29. The summed E-state index contributed by atoms with van der Waals surface area (Å²) >= 11 is 5.93. The number of amides is 2. The minimum Gasteiger partial charge on any atom is -0.351 e. The molecule has 0 fully saturated rings. The average Bonchev–Trinajstić information content (AvgIpc) is 2.48. The third-order valence-electron chi connectivity index (χ3n) is 3.66. The second kappa shape index (κ2) is 10.2. The minimum atomic E-state index is -0.0446. The Labute approximate surface area is 143 Å². The third kappa shape index (κ3) is 7.48. The molecule has 2 N–H and O–H groups in total. The summed E-state index contributed by atoms with van der Waals surface area (Å²) in [7, 11) is 1.86. The summed E-state index contributed by atoms with van der Waals surface area (Å²) in [5.41, 5.74) is 1.09. The Kier molecular flexibility index (Phi) is 8.66. The quantitative estimate of drug-likeness (QED) is 0.683. The molecule has 1 rings (SSSR count). The van der Waals surface area contributed by atoms with E-state index in [-0.39, 0.29) is 11.8 Å². The molecule has 0 saturated carbocycles. The molecule has 0 spiro atoms. The number of benzene rings is 1. The number of likely N-dealkylation sites (N-methyl/N-ethyl adjacent to an activating group) is 2. The molecule has 0 aliphatic heterocycles. The van der Waals surface area contributed by atoms with Gasteiger partial charge in [0.1, 0.15) is 0 Å². The maximum absolute atomic E-state index is 12.0. The van der Waals surface area contributed by atoms with E-state index in [4.69, 9.17) is 11.6 Å². The van der Waals surface area contributed by atoms with Crippen LogP contribution in [0.2, 0.25) is 5.02 Å². The van der Waals surface area contributed by atoms with Crippen molar-refractivity contribution in [1.82, 2.24) is 10.2 Å². The summed E-state index contributed by atoms with van der Waals surface area (Å²) in [5, 5.41) is 3.59. The number of hydrogen-bond donors (Lipinski definition) is 2. The molecule has 0 aliphatic rings. The van der Waals surface area contributed by atoms with E-state index in [0.717, 1.165) is 16.9 Å². The zero-order valence-electron chi connectivity index (χ0n) is 14.2. The molecule has 5 nitrogen and oxygen atoms in total. The predicted octanol–water partition coefficient (Wildman–Crippen LogP) is 0.382. The first-order valence-corrected chi connectivity index (χ1v) is 8.44. The summed E-state index contributed by atoms with van der Waals surface area (Å²) in [5.74, 6) is 0.0381. The maximum atomic E-state index is 12.0. The van der Waals surface area contributed by atoms with E-state index in [1.807, 2.05) is 45.2 Å². The van der Waals surface area contributed by atoms with Crippen LogP contribution in [0.5, 0.6) is 0 Å². The maximum Gasteiger partial charge on any atom is 0.277 e. The van der Waals surface area contributed by atoms with Gasteiger partial charge in [-0.1, -0.05) is 23.7 Å². The smallest absolute Gasteiger partial charge is 0.277 e. The van der Waals surface area contributed by atoms with Crippen LogP contribution in [0.25, 0.3) is 0 Å². The van der Waals surface area contributed by atoms with Crippen LogP contribution in [-0.2, 0) is 16.0 Å². The van der Waals surface area contributed by atoms with E-state index in [1.165, 1.54) is 0 Å². The van der Waals surface area contributed by atoms with Gasteiger partial charge >= 0.3 is 0 Å². The summed E-state index contributed by atoms with van der Waals surface area (Å²) in [6.07, 6.45) is 0.740. The van der Waals surface area contributed by atoms with Crippen LogP contribution in [0.3, 0.4) is 0 Å². The van der Waals surface area contributed by atoms with Gasteiger partial charge in [0.15, 0.2) is 13.1 Å². The van der Waals surface area contributed by atoms with Crippen molar-refractivity contribution in [2.24, 2.45) is 0 Å². The highest BCUT2D eigenvalue weighted by Gasteiger charge is 2.17. The van der Waals surface area contributed by atoms with Gasteiger partial charge in [0.05, 0.1) is 7.05 Å². The fraction of sp³-hybridized carbons (Fsp3) is 0.529. The molecule has 0 bridgehead atoms. The zero-order chi connectivity index (χ0) is 17.2. The summed E-state index contributed by atoms with van der Waals surface area (Å²) in [6, 6.07) is 7.61. The topological polar surface area (TPSA) is 53.9 Å². The summed E-state index contributed by atoms with van der Waals surface area (Å²) in [6.45, 7) is 6.52. The molecule has 1 unspecified atom stereocenters. The van der Waals surface area contributed by atoms with E-state index in [2.05, 4.69) is 5.32 Å². The van der Waals surface area contributed by atoms with Crippen LogP contribution in [0.15, 0.2) is 24.3 Å². The Bertz CT molecular complexity index is 518. The minimum absolute atomic E-state index is 0.0446. The number of nitrogens with zero attached hydrogens (tertiary/aromatic N) is 1. The second-order valence-corrected chi connectivity index (χ2v) is 6.04. The first-order chi connectivity index (χ1) is 11.0. The molecule has 0 aliphatic carbocycles. The van der Waals surface area contributed by atoms with Crippen molar-refractivity contribution in [2.45, 2.75) is 20.3 Å². The molecule has 1 aromatic carbocycles. The molecular weight excluding hydrogens is 314 g/mol. The van der Waals surface area contributed by atoms with Crippen molar-refractivity contribution in [3.63, 3.8) is 0 Å². The lowest BCUT2D eigenvalue weighted by Crippen LogP contribution is -3.11. The van der Waals surface area contributed by atoms with Gasteiger partial charge in [0, 0.05) is 24.7 Å². The molecule has 1 aromatic rings. The Morgan fingerprint density at radius 3 is 2.52 bits per heavy atom. The number of quaternary nitrogens is 1. The van der Waals surface area contributed by atoms with E-state index < -0.39 is 0 Å². The third-order valence-corrected chi connectivity index (χ3v) is 3.89. The number of carbonyl (C=O) groups is 2. The predicted molar refractivity (Wildman–Crippen MR) is 92.7 cm³/mol. The number of carbonyl (C=O) groups excluding carboxylic acids is 2. The fourth-order valence-corrected chi connectivity index (χ4v) is 2.60. The largest absolute Gasteiger partial charge is 0.351 e. The summed E-state index contributed by atoms with van der Waals surface area (Å²) < 4.78 is 0. The van der Waals surface area contributed by atoms with Gasteiger partial charge in [-0.15, -0.1) is 0 Å². The lowest BCUT2D eigenvalue weighted by molar-refractivity contribution is -0.863. The van der Waals surface area contributed by atoms with Gasteiger partial charge < -0.3 is 15.1 Å². The Hall–Kier alpha value is -1.59. The van der Waals surface area contributed by atoms with E-state index >= 15 is 0 Å². The van der Waals surface area contributed by atoms with E-state index in [1.54, 1.807) is 4.90 Å². The molecular formula is C17H27ClN3O2+. The SMILES string of the molecule is CCN(CC)C(=O)C[NH+](C)CC(=O)NCCc1cccc(Cl)c1. The fourth-order valence-electron chi connectivity index (χ4n) is 2.38. The molecule has 0 aromatic heterocycles. The van der Waals surface area contributed by atoms with Crippen LogP contribution in [0.4, 0.5) is 0 Å². The van der Waals surface area contributed by atoms with Gasteiger partial charge in [-0.25, -0.2) is 0 Å². The molecule has 6 heteroatoms. The number of rotatable bonds is 9. The number of hydrogen-bond acceptors (Lipinski definition) is 2. The van der Waals surface area contributed by atoms with E-state index in [0.29, 0.717) is 37.7 Å². The van der Waals surface area contributed by atoms with Crippen molar-refractivity contribution < 1.29 is 14.5 Å². The normalized spacial score (nSPS) is 11.8.